The number of carbonyl (C=O) groups excluding carboxylic acids is 2. The van der Waals surface area contributed by atoms with Crippen LogP contribution in [0.1, 0.15) is 60.7 Å². The predicted molar refractivity (Wildman–Crippen MR) is 218 cm³/mol. The highest BCUT2D eigenvalue weighted by Gasteiger charge is 2.40. The number of rotatable bonds is 22. The molecule has 0 saturated carbocycles. The van der Waals surface area contributed by atoms with Crippen molar-refractivity contribution in [2.45, 2.75) is 66.0 Å². The molecule has 58 heavy (non-hydrogen) atoms. The summed E-state index contributed by atoms with van der Waals surface area (Å²) in [5, 5.41) is 24.3. The zero-order chi connectivity index (χ0) is 41.3. The first-order valence-electron chi connectivity index (χ1n) is 19.3. The van der Waals surface area contributed by atoms with Gasteiger partial charge in [-0.3, -0.25) is 19.3 Å². The third kappa shape index (κ3) is 12.2. The number of nitriles is 1. The van der Waals surface area contributed by atoms with Crippen LogP contribution in [0.2, 0.25) is 5.02 Å². The second kappa shape index (κ2) is 21.8. The Morgan fingerprint density at radius 1 is 1.00 bits per heavy atom. The minimum Gasteiger partial charge on any atom is -0.489 e. The van der Waals surface area contributed by atoms with Crippen molar-refractivity contribution in [2.24, 2.45) is 5.92 Å². The van der Waals surface area contributed by atoms with Crippen LogP contribution < -0.4 is 20.1 Å². The van der Waals surface area contributed by atoms with Gasteiger partial charge in [-0.1, -0.05) is 60.2 Å². The maximum absolute atomic E-state index is 12.0. The maximum Gasteiger partial charge on any atom is 0.319 e. The van der Waals surface area contributed by atoms with Crippen LogP contribution in [0.4, 0.5) is 0 Å². The number of nitrogens with zero attached hydrogens (tertiary/aromatic N) is 5. The molecule has 0 amide bonds. The third-order valence-electron chi connectivity index (χ3n) is 9.46. The fourth-order valence-corrected chi connectivity index (χ4v) is 6.69. The number of halogens is 1. The Morgan fingerprint density at radius 2 is 1.76 bits per heavy atom. The van der Waals surface area contributed by atoms with Crippen LogP contribution in [-0.2, 0) is 50.0 Å². The number of aryl methyl sites for hydroxylation is 2. The normalized spacial score (nSPS) is 16.0. The van der Waals surface area contributed by atoms with Gasteiger partial charge in [-0.15, -0.1) is 5.10 Å². The molecule has 0 saturated heterocycles. The summed E-state index contributed by atoms with van der Waals surface area (Å²) in [6, 6.07) is 15.6. The van der Waals surface area contributed by atoms with E-state index in [1.165, 1.54) is 6.20 Å². The highest BCUT2D eigenvalue weighted by atomic mass is 35.5. The van der Waals surface area contributed by atoms with E-state index in [9.17, 15) is 14.9 Å². The number of nitrogens with one attached hydrogen (secondary N) is 2. The molecule has 2 aromatic carbocycles. The molecule has 1 aliphatic carbocycles. The molecule has 0 radical (unpaired) electrons. The molecule has 15 heteroatoms. The van der Waals surface area contributed by atoms with E-state index in [4.69, 9.17) is 35.3 Å². The number of pyridine rings is 1. The predicted octanol–water partition coefficient (Wildman–Crippen LogP) is 5.91. The van der Waals surface area contributed by atoms with Gasteiger partial charge >= 0.3 is 11.9 Å². The van der Waals surface area contributed by atoms with Gasteiger partial charge in [0.1, 0.15) is 36.4 Å². The SMILES string of the molecule is CCOC(=O)CNCc1cn(CCCOC2(COc3cc(OCc4cncc(C#N)c4)c(CNCC(=O)OCC)cc3Cl)C=CC=C(c3ccccc3C)C2C)nn1. The van der Waals surface area contributed by atoms with Crippen LogP contribution >= 0.6 is 11.6 Å². The van der Waals surface area contributed by atoms with Crippen LogP contribution in [0.3, 0.4) is 0 Å². The molecule has 1 aliphatic rings. The van der Waals surface area contributed by atoms with E-state index in [0.717, 1.165) is 16.7 Å². The van der Waals surface area contributed by atoms with E-state index < -0.39 is 5.60 Å². The average molecular weight is 812 g/mol. The standard InChI is InChI=1S/C43H50ClN7O7/c1-5-54-41(52)25-47-23-34-18-38(44)40(19-39(34)56-28-33-17-32(20-45)21-46-22-33)57-29-43(14-9-13-37(31(43)4)36-12-8-7-11-30(36)3)58-16-10-15-51-27-35(49-50-51)24-48-26-42(53)55-6-2/h7-9,11-14,17-19,21-22,27,31,47-48H,5-6,10,15-16,23-26,28-29H2,1-4H3. The van der Waals surface area contributed by atoms with Gasteiger partial charge in [0, 0.05) is 67.9 Å². The van der Waals surface area contributed by atoms with E-state index >= 15 is 0 Å². The summed E-state index contributed by atoms with van der Waals surface area (Å²) in [5.41, 5.74) is 5.04. The second-order valence-electron chi connectivity index (χ2n) is 13.6. The molecule has 0 bridgehead atoms. The van der Waals surface area contributed by atoms with Crippen LogP contribution in [0.5, 0.6) is 11.5 Å². The van der Waals surface area contributed by atoms with Crippen molar-refractivity contribution < 1.29 is 33.3 Å². The van der Waals surface area contributed by atoms with E-state index in [1.807, 2.05) is 30.5 Å². The molecule has 4 aromatic rings. The Morgan fingerprint density at radius 3 is 2.50 bits per heavy atom. The molecule has 5 rings (SSSR count). The lowest BCUT2D eigenvalue weighted by molar-refractivity contribution is -0.142. The Balaban J connectivity index is 1.33. The minimum atomic E-state index is -0.884. The van der Waals surface area contributed by atoms with Gasteiger partial charge in [0.2, 0.25) is 0 Å². The van der Waals surface area contributed by atoms with Gasteiger partial charge in [-0.05, 0) is 62.1 Å². The van der Waals surface area contributed by atoms with Crippen LogP contribution in [0, 0.1) is 24.2 Å². The molecule has 0 spiro atoms. The number of carbonyl (C=O) groups is 2. The largest absolute Gasteiger partial charge is 0.489 e. The van der Waals surface area contributed by atoms with Gasteiger partial charge in [-0.25, -0.2) is 0 Å². The maximum atomic E-state index is 12.0. The highest BCUT2D eigenvalue weighted by Crippen LogP contribution is 2.41. The van der Waals surface area contributed by atoms with Crippen LogP contribution in [0.25, 0.3) is 5.57 Å². The lowest BCUT2D eigenvalue weighted by atomic mass is 9.76. The smallest absolute Gasteiger partial charge is 0.319 e. The summed E-state index contributed by atoms with van der Waals surface area (Å²) in [4.78, 5) is 27.8. The first-order valence-corrected chi connectivity index (χ1v) is 19.7. The van der Waals surface area contributed by atoms with E-state index in [-0.39, 0.29) is 57.3 Å². The molecule has 2 heterocycles. The summed E-state index contributed by atoms with van der Waals surface area (Å²) in [6.45, 7) is 10.3. The lowest BCUT2D eigenvalue weighted by Gasteiger charge is -2.40. The van der Waals surface area contributed by atoms with Crippen molar-refractivity contribution in [1.29, 1.82) is 5.26 Å². The number of aromatic nitrogens is 4. The number of allylic oxidation sites excluding steroid dienone is 2. The third-order valence-corrected chi connectivity index (χ3v) is 9.75. The molecule has 2 atom stereocenters. The quantitative estimate of drug-likeness (QED) is 0.0710. The second-order valence-corrected chi connectivity index (χ2v) is 14.0. The van der Waals surface area contributed by atoms with Gasteiger partial charge < -0.3 is 34.3 Å². The van der Waals surface area contributed by atoms with Crippen LogP contribution in [-0.4, -0.2) is 77.0 Å². The number of hydrogen-bond acceptors (Lipinski definition) is 13. The highest BCUT2D eigenvalue weighted by molar-refractivity contribution is 6.32. The van der Waals surface area contributed by atoms with Crippen molar-refractivity contribution in [2.75, 3.05) is 39.5 Å². The molecular formula is C43H50ClN7O7. The Bertz CT molecular complexity index is 2110. The van der Waals surface area contributed by atoms with Gasteiger partial charge in [0.15, 0.2) is 0 Å². The average Bonchev–Trinajstić information content (AvgIpc) is 3.67. The Hall–Kier alpha value is -5.59. The molecule has 14 nitrogen and oxygen atoms in total. The number of benzene rings is 2. The molecule has 2 N–H and O–H groups in total. The summed E-state index contributed by atoms with van der Waals surface area (Å²) >= 11 is 6.89. The first-order chi connectivity index (χ1) is 28.1. The lowest BCUT2D eigenvalue weighted by Crippen LogP contribution is -2.45. The monoisotopic (exact) mass is 811 g/mol. The first kappa shape index (κ1) is 43.5. The fraction of sp³-hybridized carbons (Fsp3) is 0.395. The summed E-state index contributed by atoms with van der Waals surface area (Å²) in [6.07, 6.45) is 11.8. The topological polar surface area (TPSA) is 172 Å². The summed E-state index contributed by atoms with van der Waals surface area (Å²) < 4.78 is 31.4. The van der Waals surface area contributed by atoms with Crippen molar-refractivity contribution >= 4 is 29.1 Å². The molecule has 0 fully saturated rings. The van der Waals surface area contributed by atoms with Crippen molar-refractivity contribution in [3.8, 4) is 17.6 Å². The zero-order valence-electron chi connectivity index (χ0n) is 33.3. The zero-order valence-corrected chi connectivity index (χ0v) is 34.1. The number of hydrogen-bond donors (Lipinski definition) is 2. The Labute approximate surface area is 344 Å². The number of ether oxygens (including phenoxy) is 5. The molecule has 2 aromatic heterocycles. The van der Waals surface area contributed by atoms with Gasteiger partial charge in [0.25, 0.3) is 0 Å². The van der Waals surface area contributed by atoms with Gasteiger partial charge in [-0.2, -0.15) is 5.26 Å². The molecular weight excluding hydrogens is 762 g/mol. The van der Waals surface area contributed by atoms with E-state index in [1.54, 1.807) is 42.9 Å². The van der Waals surface area contributed by atoms with E-state index in [0.29, 0.717) is 71.6 Å². The molecule has 2 unspecified atom stereocenters. The van der Waals surface area contributed by atoms with Crippen molar-refractivity contribution in [3.63, 3.8) is 0 Å². The van der Waals surface area contributed by atoms with E-state index in [2.05, 4.69) is 64.1 Å². The summed E-state index contributed by atoms with van der Waals surface area (Å²) in [5.74, 6) is 0.0471. The molecule has 0 aliphatic heterocycles. The fourth-order valence-electron chi connectivity index (χ4n) is 6.45. The van der Waals surface area contributed by atoms with Crippen LogP contribution in [0.15, 0.2) is 79.3 Å². The summed E-state index contributed by atoms with van der Waals surface area (Å²) in [7, 11) is 0. The molecule has 306 valence electrons. The number of esters is 2. The Kier molecular flexibility index (Phi) is 16.4. The van der Waals surface area contributed by atoms with Crippen molar-refractivity contribution in [3.05, 3.63) is 118 Å². The van der Waals surface area contributed by atoms with Crippen molar-refractivity contribution in [1.82, 2.24) is 30.6 Å². The minimum absolute atomic E-state index is 0.00447. The van der Waals surface area contributed by atoms with Gasteiger partial charge in [0.05, 0.1) is 42.6 Å².